The van der Waals surface area contributed by atoms with Crippen LogP contribution in [0.5, 0.6) is 17.2 Å². The fourth-order valence-electron chi connectivity index (χ4n) is 3.97. The lowest BCUT2D eigenvalue weighted by Gasteiger charge is -2.23. The molecule has 198 valence electrons. The Labute approximate surface area is 233 Å². The number of esters is 1. The summed E-state index contributed by atoms with van der Waals surface area (Å²) in [5.74, 6) is -0.111. The maximum atomic E-state index is 13.7. The van der Waals surface area contributed by atoms with E-state index in [4.69, 9.17) is 14.2 Å². The average molecular weight is 651 g/mol. The smallest absolute Gasteiger partial charge is 0.337 e. The number of nitrogens with zero attached hydrogens (tertiary/aromatic N) is 3. The highest BCUT2D eigenvalue weighted by Crippen LogP contribution is 2.35. The minimum absolute atomic E-state index is 0.146. The van der Waals surface area contributed by atoms with E-state index in [-0.39, 0.29) is 13.7 Å². The summed E-state index contributed by atoms with van der Waals surface area (Å²) in [4.78, 5) is 41.7. The third-order valence-corrected chi connectivity index (χ3v) is 7.39. The van der Waals surface area contributed by atoms with Crippen LogP contribution in [0.25, 0.3) is 6.08 Å². The number of nitro groups is 1. The number of carbonyl (C=O) groups is 1. The molecule has 0 bridgehead atoms. The topological polar surface area (TPSA) is 142 Å². The minimum atomic E-state index is -0.870. The fraction of sp³-hybridized carbons (Fsp3) is 0.240. The van der Waals surface area contributed by atoms with Crippen molar-refractivity contribution in [2.45, 2.75) is 19.9 Å². The monoisotopic (exact) mass is 651 g/mol. The number of rotatable bonds is 8. The van der Waals surface area contributed by atoms with Crippen LogP contribution in [-0.2, 0) is 9.53 Å². The second kappa shape index (κ2) is 11.3. The highest BCUT2D eigenvalue weighted by molar-refractivity contribution is 14.1. The van der Waals surface area contributed by atoms with Crippen molar-refractivity contribution in [2.75, 3.05) is 20.3 Å². The van der Waals surface area contributed by atoms with Crippen LogP contribution < -0.4 is 24.4 Å². The van der Waals surface area contributed by atoms with Gasteiger partial charge in [-0.1, -0.05) is 17.4 Å². The number of thiazole rings is 1. The number of methoxy groups -OCH3 is 1. The quantitative estimate of drug-likeness (QED) is 0.170. The largest absolute Gasteiger partial charge is 0.501 e. The van der Waals surface area contributed by atoms with E-state index in [1.807, 2.05) is 13.8 Å². The Morgan fingerprint density at radius 1 is 1.24 bits per heavy atom. The number of hydrogen-bond donors (Lipinski definition) is 1. The van der Waals surface area contributed by atoms with E-state index in [0.29, 0.717) is 40.6 Å². The SMILES string of the molecule is CCOc1ccc([C@@H]2C(C(=O)OC)=CN=c3s/c(=C\c4cc(I)c(O)c([N+](=O)[O-])c4)c(=O)n32)cc1OCC. The number of phenolic OH excluding ortho intramolecular Hbond substituents is 1. The Balaban J connectivity index is 1.92. The molecule has 2 aromatic carbocycles. The molecular formula is C25H22IN3O8S. The number of halogens is 1. The van der Waals surface area contributed by atoms with Gasteiger partial charge in [0, 0.05) is 12.3 Å². The summed E-state index contributed by atoms with van der Waals surface area (Å²) in [6.07, 6.45) is 2.86. The van der Waals surface area contributed by atoms with Crippen molar-refractivity contribution in [3.05, 3.63) is 86.6 Å². The van der Waals surface area contributed by atoms with E-state index >= 15 is 0 Å². The van der Waals surface area contributed by atoms with Crippen molar-refractivity contribution in [3.8, 4) is 17.2 Å². The first-order valence-corrected chi connectivity index (χ1v) is 13.2. The summed E-state index contributed by atoms with van der Waals surface area (Å²) in [5.41, 5.74) is 0.150. The molecule has 0 saturated carbocycles. The molecule has 0 unspecified atom stereocenters. The number of phenols is 1. The van der Waals surface area contributed by atoms with Crippen molar-refractivity contribution in [1.82, 2.24) is 4.57 Å². The third-order valence-electron chi connectivity index (χ3n) is 5.57. The summed E-state index contributed by atoms with van der Waals surface area (Å²) in [5, 5.41) is 21.4. The van der Waals surface area contributed by atoms with Gasteiger partial charge in [-0.3, -0.25) is 19.5 Å². The van der Waals surface area contributed by atoms with Gasteiger partial charge in [0.25, 0.3) is 5.56 Å². The van der Waals surface area contributed by atoms with Gasteiger partial charge < -0.3 is 19.3 Å². The first kappa shape index (κ1) is 27.3. The van der Waals surface area contributed by atoms with E-state index in [9.17, 15) is 24.8 Å². The molecule has 1 aliphatic heterocycles. The Hall–Kier alpha value is -3.72. The number of fused-ring (bicyclic) bond motifs is 1. The van der Waals surface area contributed by atoms with Crippen molar-refractivity contribution in [1.29, 1.82) is 0 Å². The highest BCUT2D eigenvalue weighted by Gasteiger charge is 2.31. The van der Waals surface area contributed by atoms with Crippen LogP contribution >= 0.6 is 33.9 Å². The maximum Gasteiger partial charge on any atom is 0.337 e. The van der Waals surface area contributed by atoms with E-state index in [2.05, 4.69) is 4.99 Å². The number of benzene rings is 2. The lowest BCUT2D eigenvalue weighted by Crippen LogP contribution is -2.39. The minimum Gasteiger partial charge on any atom is -0.501 e. The van der Waals surface area contributed by atoms with Gasteiger partial charge in [-0.15, -0.1) is 0 Å². The summed E-state index contributed by atoms with van der Waals surface area (Å²) in [6, 6.07) is 7.01. The van der Waals surface area contributed by atoms with Gasteiger partial charge in [-0.25, -0.2) is 9.79 Å². The van der Waals surface area contributed by atoms with Gasteiger partial charge in [0.15, 0.2) is 16.3 Å². The van der Waals surface area contributed by atoms with Crippen molar-refractivity contribution in [3.63, 3.8) is 0 Å². The first-order valence-electron chi connectivity index (χ1n) is 11.4. The van der Waals surface area contributed by atoms with Gasteiger partial charge in [0.2, 0.25) is 5.75 Å². The molecule has 1 aromatic heterocycles. The molecule has 0 amide bonds. The molecule has 0 fully saturated rings. The fourth-order valence-corrected chi connectivity index (χ4v) is 5.57. The first-order chi connectivity index (χ1) is 18.2. The molecular weight excluding hydrogens is 629 g/mol. The number of aromatic hydroxyl groups is 1. The van der Waals surface area contributed by atoms with Crippen LogP contribution in [0.2, 0.25) is 0 Å². The predicted octanol–water partition coefficient (Wildman–Crippen LogP) is 3.03. The lowest BCUT2D eigenvalue weighted by atomic mass is 9.97. The zero-order valence-corrected chi connectivity index (χ0v) is 23.4. The summed E-state index contributed by atoms with van der Waals surface area (Å²) in [6.45, 7) is 4.49. The molecule has 38 heavy (non-hydrogen) atoms. The molecule has 11 nitrogen and oxygen atoms in total. The van der Waals surface area contributed by atoms with Crippen molar-refractivity contribution >= 4 is 51.7 Å². The molecule has 13 heteroatoms. The molecule has 1 atom stereocenters. The molecule has 2 heterocycles. The van der Waals surface area contributed by atoms with Crippen LogP contribution in [0.1, 0.15) is 31.0 Å². The summed E-state index contributed by atoms with van der Waals surface area (Å²) >= 11 is 2.85. The van der Waals surface area contributed by atoms with E-state index in [1.165, 1.54) is 36.1 Å². The standard InChI is InChI=1S/C25H22IN3O8S/c1-4-36-18-7-6-14(11-19(18)37-5-2)21-15(24(32)35-3)12-27-25-28(21)23(31)20(38-25)10-13-8-16(26)22(30)17(9-13)29(33)34/h6-12,21,30H,4-5H2,1-3H3/b20-10-/t21-/m1/s1. The van der Waals surface area contributed by atoms with Gasteiger partial charge >= 0.3 is 11.7 Å². The number of ether oxygens (including phenoxy) is 3. The third kappa shape index (κ3) is 5.15. The zero-order chi connectivity index (χ0) is 27.6. The number of hydrogen-bond acceptors (Lipinski definition) is 10. The van der Waals surface area contributed by atoms with Crippen LogP contribution in [0.15, 0.2) is 51.9 Å². The molecule has 0 aliphatic carbocycles. The van der Waals surface area contributed by atoms with Crippen molar-refractivity contribution in [2.24, 2.45) is 4.99 Å². The Morgan fingerprint density at radius 3 is 2.61 bits per heavy atom. The molecule has 1 N–H and O–H groups in total. The van der Waals surface area contributed by atoms with Gasteiger partial charge in [-0.05, 0) is 71.8 Å². The van der Waals surface area contributed by atoms with Crippen LogP contribution in [-0.4, -0.2) is 40.9 Å². The van der Waals surface area contributed by atoms with Crippen LogP contribution in [0, 0.1) is 13.7 Å². The van der Waals surface area contributed by atoms with E-state index in [0.717, 1.165) is 11.3 Å². The summed E-state index contributed by atoms with van der Waals surface area (Å²) < 4.78 is 18.2. The molecule has 0 spiro atoms. The second-order valence-electron chi connectivity index (χ2n) is 7.88. The summed E-state index contributed by atoms with van der Waals surface area (Å²) in [7, 11) is 1.24. The van der Waals surface area contributed by atoms with Crippen LogP contribution in [0.4, 0.5) is 5.69 Å². The normalized spacial score (nSPS) is 14.8. The van der Waals surface area contributed by atoms with E-state index in [1.54, 1.807) is 40.8 Å². The zero-order valence-electron chi connectivity index (χ0n) is 20.5. The highest BCUT2D eigenvalue weighted by atomic mass is 127. The second-order valence-corrected chi connectivity index (χ2v) is 10.0. The average Bonchev–Trinajstić information content (AvgIpc) is 3.21. The number of carbonyl (C=O) groups excluding carboxylic acids is 1. The van der Waals surface area contributed by atoms with Gasteiger partial charge in [-0.2, -0.15) is 0 Å². The Morgan fingerprint density at radius 2 is 1.95 bits per heavy atom. The van der Waals surface area contributed by atoms with Gasteiger partial charge in [0.05, 0.1) is 45.0 Å². The van der Waals surface area contributed by atoms with E-state index < -0.39 is 33.9 Å². The molecule has 1 aliphatic rings. The number of nitro benzene ring substituents is 1. The molecule has 0 saturated heterocycles. The molecule has 0 radical (unpaired) electrons. The van der Waals surface area contributed by atoms with Crippen LogP contribution in [0.3, 0.4) is 0 Å². The number of aromatic nitrogens is 1. The predicted molar refractivity (Wildman–Crippen MR) is 147 cm³/mol. The molecule has 4 rings (SSSR count). The Bertz CT molecular complexity index is 1640. The Kier molecular flexibility index (Phi) is 8.16. The molecule has 3 aromatic rings. The maximum absolute atomic E-state index is 13.7. The lowest BCUT2D eigenvalue weighted by molar-refractivity contribution is -0.386. The van der Waals surface area contributed by atoms with Crippen molar-refractivity contribution < 1.29 is 29.0 Å². The van der Waals surface area contributed by atoms with Gasteiger partial charge in [0.1, 0.15) is 0 Å².